The fourth-order valence-corrected chi connectivity index (χ4v) is 4.62. The highest BCUT2D eigenvalue weighted by Crippen LogP contribution is 2.31. The molecule has 0 saturated heterocycles. The molecule has 3 aromatic carbocycles. The molecule has 5 amide bonds. The van der Waals surface area contributed by atoms with E-state index in [1.54, 1.807) is 20.8 Å². The molecule has 0 aromatic heterocycles. The predicted octanol–water partition coefficient (Wildman–Crippen LogP) is 8.33. The topological polar surface area (TPSA) is 138 Å². The van der Waals surface area contributed by atoms with Gasteiger partial charge in [0.1, 0.15) is 5.60 Å². The maximum absolute atomic E-state index is 13.2. The van der Waals surface area contributed by atoms with E-state index >= 15 is 0 Å². The van der Waals surface area contributed by atoms with Crippen molar-refractivity contribution in [2.45, 2.75) is 51.8 Å². The minimum absolute atomic E-state index is 0.00869. The SMILES string of the molecule is CC(C)(C)OC(=O)NCCCCCNC(=O)c1cc(NC(=O)Nc2cc(Cl)cc(Cl)c2)cc(C(=O)Nc2cccc(C(F)(F)F)c2)c1. The molecule has 0 spiro atoms. The number of unbranched alkanes of at least 4 members (excludes halogenated alkanes) is 2. The average Bonchev–Trinajstić information content (AvgIpc) is 2.94. The summed E-state index contributed by atoms with van der Waals surface area (Å²) in [4.78, 5) is 50.6. The molecule has 0 aliphatic rings. The molecule has 252 valence electrons. The Hall–Kier alpha value is -4.49. The van der Waals surface area contributed by atoms with Crippen LogP contribution in [0.5, 0.6) is 0 Å². The third-order valence-electron chi connectivity index (χ3n) is 6.09. The second kappa shape index (κ2) is 16.4. The molecule has 5 N–H and O–H groups in total. The van der Waals surface area contributed by atoms with E-state index in [-0.39, 0.29) is 44.8 Å². The maximum Gasteiger partial charge on any atom is 0.416 e. The Morgan fingerprint density at radius 1 is 0.681 bits per heavy atom. The van der Waals surface area contributed by atoms with Gasteiger partial charge in [0.05, 0.1) is 5.56 Å². The molecule has 3 aromatic rings. The smallest absolute Gasteiger partial charge is 0.416 e. The lowest BCUT2D eigenvalue weighted by atomic mass is 10.1. The number of hydrogen-bond acceptors (Lipinski definition) is 5. The summed E-state index contributed by atoms with van der Waals surface area (Å²) < 4.78 is 44.7. The summed E-state index contributed by atoms with van der Waals surface area (Å²) in [5, 5.41) is 13.4. The van der Waals surface area contributed by atoms with Gasteiger partial charge in [0.15, 0.2) is 0 Å². The number of benzene rings is 3. The van der Waals surface area contributed by atoms with Gasteiger partial charge in [-0.2, -0.15) is 13.2 Å². The van der Waals surface area contributed by atoms with Crippen molar-refractivity contribution in [1.29, 1.82) is 0 Å². The zero-order chi connectivity index (χ0) is 34.8. The molecular formula is C32H34Cl2F3N5O5. The fraction of sp³-hybridized carbons (Fsp3) is 0.312. The van der Waals surface area contributed by atoms with E-state index in [0.29, 0.717) is 25.8 Å². The predicted molar refractivity (Wildman–Crippen MR) is 175 cm³/mol. The molecule has 0 unspecified atom stereocenters. The van der Waals surface area contributed by atoms with E-state index in [0.717, 1.165) is 18.2 Å². The van der Waals surface area contributed by atoms with Gasteiger partial charge in [0.2, 0.25) is 0 Å². The van der Waals surface area contributed by atoms with E-state index in [1.807, 2.05) is 0 Å². The third kappa shape index (κ3) is 13.0. The van der Waals surface area contributed by atoms with Crippen LogP contribution in [0, 0.1) is 0 Å². The number of alkyl halides is 3. The Kier molecular flexibility index (Phi) is 12.9. The Labute approximate surface area is 279 Å². The lowest BCUT2D eigenvalue weighted by Crippen LogP contribution is -2.33. The van der Waals surface area contributed by atoms with Crippen LogP contribution in [0.4, 0.5) is 39.8 Å². The zero-order valence-corrected chi connectivity index (χ0v) is 27.3. The van der Waals surface area contributed by atoms with Crippen LogP contribution in [0.25, 0.3) is 0 Å². The Balaban J connectivity index is 1.70. The molecule has 0 aliphatic heterocycles. The molecule has 0 atom stereocenters. The van der Waals surface area contributed by atoms with Gasteiger partial charge in [-0.05, 0) is 94.6 Å². The first-order chi connectivity index (χ1) is 22.0. The van der Waals surface area contributed by atoms with Gasteiger partial charge in [-0.15, -0.1) is 0 Å². The van der Waals surface area contributed by atoms with Crippen molar-refractivity contribution in [1.82, 2.24) is 10.6 Å². The number of carbonyl (C=O) groups excluding carboxylic acids is 4. The molecule has 47 heavy (non-hydrogen) atoms. The first-order valence-electron chi connectivity index (χ1n) is 14.4. The number of urea groups is 1. The van der Waals surface area contributed by atoms with Gasteiger partial charge in [-0.25, -0.2) is 9.59 Å². The summed E-state index contributed by atoms with van der Waals surface area (Å²) in [5.74, 6) is -1.38. The van der Waals surface area contributed by atoms with E-state index in [1.165, 1.54) is 42.5 Å². The Morgan fingerprint density at radius 3 is 1.85 bits per heavy atom. The summed E-state index contributed by atoms with van der Waals surface area (Å²) in [6.45, 7) is 5.95. The molecule has 10 nitrogen and oxygen atoms in total. The highest BCUT2D eigenvalue weighted by atomic mass is 35.5. The molecule has 3 rings (SSSR count). The standard InChI is InChI=1S/C32H34Cl2F3N5O5/c1-31(2,3)47-30(46)39-11-6-4-5-10-38-27(43)19-12-20(28(44)40-24-9-7-8-21(15-24)32(35,36)37)14-25(13-19)41-29(45)42-26-17-22(33)16-23(34)18-26/h7-9,12-18H,4-6,10-11H2,1-3H3,(H,38,43)(H,39,46)(H,40,44)(H2,41,42,45). The Morgan fingerprint density at radius 2 is 1.26 bits per heavy atom. The maximum atomic E-state index is 13.2. The molecule has 0 heterocycles. The number of rotatable bonds is 11. The second-order valence-corrected chi connectivity index (χ2v) is 12.2. The fourth-order valence-electron chi connectivity index (χ4n) is 4.09. The highest BCUT2D eigenvalue weighted by molar-refractivity contribution is 6.35. The monoisotopic (exact) mass is 695 g/mol. The first kappa shape index (κ1) is 37.0. The zero-order valence-electron chi connectivity index (χ0n) is 25.7. The number of alkyl carbamates (subject to hydrolysis) is 1. The van der Waals surface area contributed by atoms with Crippen molar-refractivity contribution in [3.05, 3.63) is 87.4 Å². The molecule has 0 radical (unpaired) electrons. The summed E-state index contributed by atoms with van der Waals surface area (Å²) in [6, 6.07) is 11.6. The molecular weight excluding hydrogens is 662 g/mol. The van der Waals surface area contributed by atoms with Gasteiger partial charge in [-0.3, -0.25) is 9.59 Å². The van der Waals surface area contributed by atoms with Gasteiger partial charge in [0, 0.05) is 51.3 Å². The van der Waals surface area contributed by atoms with Crippen LogP contribution in [0.2, 0.25) is 10.0 Å². The van der Waals surface area contributed by atoms with Crippen LogP contribution >= 0.6 is 23.2 Å². The Bertz CT molecular complexity index is 1590. The van der Waals surface area contributed by atoms with Crippen molar-refractivity contribution >= 4 is 64.2 Å². The number of carbonyl (C=O) groups is 4. The van der Waals surface area contributed by atoms with Crippen LogP contribution in [-0.4, -0.2) is 42.6 Å². The lowest BCUT2D eigenvalue weighted by Gasteiger charge is -2.19. The lowest BCUT2D eigenvalue weighted by molar-refractivity contribution is -0.137. The minimum atomic E-state index is -4.62. The number of ether oxygens (including phenoxy) is 1. The van der Waals surface area contributed by atoms with Crippen LogP contribution in [-0.2, 0) is 10.9 Å². The quantitative estimate of drug-likeness (QED) is 0.128. The van der Waals surface area contributed by atoms with Crippen LogP contribution in [0.15, 0.2) is 60.7 Å². The largest absolute Gasteiger partial charge is 0.444 e. The summed E-state index contributed by atoms with van der Waals surface area (Å²) in [7, 11) is 0. The van der Waals surface area contributed by atoms with E-state index in [9.17, 15) is 32.3 Å². The normalized spacial score (nSPS) is 11.3. The average molecular weight is 697 g/mol. The summed E-state index contributed by atoms with van der Waals surface area (Å²) >= 11 is 12.0. The highest BCUT2D eigenvalue weighted by Gasteiger charge is 2.30. The van der Waals surface area contributed by atoms with E-state index in [4.69, 9.17) is 27.9 Å². The van der Waals surface area contributed by atoms with Crippen LogP contribution in [0.3, 0.4) is 0 Å². The van der Waals surface area contributed by atoms with Crippen molar-refractivity contribution < 1.29 is 37.1 Å². The van der Waals surface area contributed by atoms with Gasteiger partial charge in [-0.1, -0.05) is 29.3 Å². The van der Waals surface area contributed by atoms with E-state index in [2.05, 4.69) is 26.6 Å². The van der Waals surface area contributed by atoms with Crippen molar-refractivity contribution in [2.75, 3.05) is 29.0 Å². The number of anilines is 3. The van der Waals surface area contributed by atoms with Gasteiger partial charge >= 0.3 is 18.3 Å². The number of hydrogen-bond donors (Lipinski definition) is 5. The molecule has 15 heteroatoms. The minimum Gasteiger partial charge on any atom is -0.444 e. The van der Waals surface area contributed by atoms with Crippen LogP contribution in [0.1, 0.15) is 66.3 Å². The van der Waals surface area contributed by atoms with Crippen LogP contribution < -0.4 is 26.6 Å². The first-order valence-corrected chi connectivity index (χ1v) is 15.2. The number of amides is 5. The van der Waals surface area contributed by atoms with Crippen molar-refractivity contribution in [3.63, 3.8) is 0 Å². The van der Waals surface area contributed by atoms with Gasteiger partial charge < -0.3 is 31.3 Å². The van der Waals surface area contributed by atoms with Crippen molar-refractivity contribution in [2.24, 2.45) is 0 Å². The van der Waals surface area contributed by atoms with E-state index < -0.39 is 41.3 Å². The summed E-state index contributed by atoms with van der Waals surface area (Å²) in [6.07, 6.45) is -3.24. The molecule has 0 saturated carbocycles. The van der Waals surface area contributed by atoms with Gasteiger partial charge in [0.25, 0.3) is 11.8 Å². The molecule has 0 bridgehead atoms. The number of halogens is 5. The second-order valence-electron chi connectivity index (χ2n) is 11.3. The molecule has 0 fully saturated rings. The van der Waals surface area contributed by atoms with Crippen molar-refractivity contribution in [3.8, 4) is 0 Å². The summed E-state index contributed by atoms with van der Waals surface area (Å²) in [5.41, 5.74) is -1.45. The molecule has 0 aliphatic carbocycles. The third-order valence-corrected chi connectivity index (χ3v) is 6.53. The number of nitrogens with one attached hydrogen (secondary N) is 5.